The molecule has 8 nitrogen and oxygen atoms in total. The average molecular weight is 436 g/mol. The molecule has 0 radical (unpaired) electrons. The Morgan fingerprint density at radius 1 is 0.625 bits per heavy atom. The molecule has 0 atom stereocenters. The van der Waals surface area contributed by atoms with Gasteiger partial charge in [0.2, 0.25) is 0 Å². The fraction of sp³-hybridized carbons (Fsp3) is 0.125. The van der Waals surface area contributed by atoms with Crippen LogP contribution in [-0.4, -0.2) is 32.3 Å². The second-order valence-electron chi connectivity index (χ2n) is 6.52. The smallest absolute Gasteiger partial charge is 0.497 e. The van der Waals surface area contributed by atoms with Crippen molar-refractivity contribution < 1.29 is 38.1 Å². The van der Waals surface area contributed by atoms with Gasteiger partial charge < -0.3 is 23.7 Å². The highest BCUT2D eigenvalue weighted by Crippen LogP contribution is 2.25. The molecular weight excluding hydrogens is 416 g/mol. The number of methoxy groups -OCH3 is 2. The van der Waals surface area contributed by atoms with E-state index in [4.69, 9.17) is 18.9 Å². The van der Waals surface area contributed by atoms with Gasteiger partial charge in [-0.1, -0.05) is 0 Å². The lowest BCUT2D eigenvalue weighted by molar-refractivity contribution is 0.0718. The first-order valence-corrected chi connectivity index (χ1v) is 9.44. The number of ether oxygens (including phenoxy) is 5. The molecule has 0 N–H and O–H groups in total. The van der Waals surface area contributed by atoms with Crippen molar-refractivity contribution in [2.24, 2.45) is 0 Å². The summed E-state index contributed by atoms with van der Waals surface area (Å²) < 4.78 is 25.1. The molecule has 0 fully saturated rings. The maximum Gasteiger partial charge on any atom is 0.513 e. The number of esters is 2. The molecule has 0 amide bonds. The molecule has 0 aromatic heterocycles. The van der Waals surface area contributed by atoms with Crippen molar-refractivity contribution in [3.8, 4) is 23.0 Å². The Morgan fingerprint density at radius 2 is 1.16 bits per heavy atom. The van der Waals surface area contributed by atoms with Crippen LogP contribution in [-0.2, 0) is 4.74 Å². The number of hydrogen-bond acceptors (Lipinski definition) is 8. The van der Waals surface area contributed by atoms with E-state index < -0.39 is 18.1 Å². The van der Waals surface area contributed by atoms with Crippen molar-refractivity contribution in [2.45, 2.75) is 6.92 Å². The highest BCUT2D eigenvalue weighted by atomic mass is 16.7. The maximum absolute atomic E-state index is 12.4. The van der Waals surface area contributed by atoms with E-state index in [0.29, 0.717) is 22.6 Å². The zero-order valence-electron chi connectivity index (χ0n) is 17.6. The van der Waals surface area contributed by atoms with Crippen LogP contribution in [0.1, 0.15) is 26.3 Å². The maximum atomic E-state index is 12.4. The Labute approximate surface area is 184 Å². The predicted octanol–water partition coefficient (Wildman–Crippen LogP) is 4.59. The molecule has 0 bridgehead atoms. The fourth-order valence-corrected chi connectivity index (χ4v) is 2.65. The van der Waals surface area contributed by atoms with Gasteiger partial charge in [-0.25, -0.2) is 14.4 Å². The van der Waals surface area contributed by atoms with Crippen molar-refractivity contribution in [1.82, 2.24) is 0 Å². The topological polar surface area (TPSA) is 97.4 Å². The van der Waals surface area contributed by atoms with E-state index in [1.165, 1.54) is 37.4 Å². The van der Waals surface area contributed by atoms with Crippen LogP contribution in [0.5, 0.6) is 23.0 Å². The first-order valence-electron chi connectivity index (χ1n) is 9.44. The summed E-state index contributed by atoms with van der Waals surface area (Å²) in [6, 6.07) is 17.0. The molecule has 0 unspecified atom stereocenters. The minimum Gasteiger partial charge on any atom is -0.497 e. The summed E-state index contributed by atoms with van der Waals surface area (Å²) in [4.78, 5) is 35.8. The number of carbonyl (C=O) groups is 3. The van der Waals surface area contributed by atoms with Crippen LogP contribution in [0.3, 0.4) is 0 Å². The van der Waals surface area contributed by atoms with Crippen molar-refractivity contribution in [3.05, 3.63) is 83.4 Å². The summed E-state index contributed by atoms with van der Waals surface area (Å²) in [6.45, 7) is 1.73. The number of carbonyl (C=O) groups excluding carboxylic acids is 3. The number of aryl methyl sites for hydroxylation is 1. The Morgan fingerprint density at radius 3 is 1.69 bits per heavy atom. The Bertz CT molecular complexity index is 1120. The molecule has 0 spiro atoms. The quantitative estimate of drug-likeness (QED) is 0.314. The molecule has 0 saturated heterocycles. The van der Waals surface area contributed by atoms with Crippen LogP contribution in [0.25, 0.3) is 0 Å². The third-order valence-corrected chi connectivity index (χ3v) is 4.34. The molecule has 0 aliphatic rings. The largest absolute Gasteiger partial charge is 0.513 e. The van der Waals surface area contributed by atoms with E-state index in [-0.39, 0.29) is 17.1 Å². The van der Waals surface area contributed by atoms with Crippen LogP contribution in [0.4, 0.5) is 4.79 Å². The third kappa shape index (κ3) is 5.63. The van der Waals surface area contributed by atoms with Crippen LogP contribution in [0.2, 0.25) is 0 Å². The van der Waals surface area contributed by atoms with E-state index in [2.05, 4.69) is 4.74 Å². The van der Waals surface area contributed by atoms with Gasteiger partial charge in [0.05, 0.1) is 25.3 Å². The van der Waals surface area contributed by atoms with Crippen LogP contribution >= 0.6 is 0 Å². The van der Waals surface area contributed by atoms with E-state index >= 15 is 0 Å². The highest BCUT2D eigenvalue weighted by molar-refractivity contribution is 5.92. The molecule has 164 valence electrons. The predicted molar refractivity (Wildman–Crippen MR) is 114 cm³/mol. The fourth-order valence-electron chi connectivity index (χ4n) is 2.65. The van der Waals surface area contributed by atoms with Gasteiger partial charge in [-0.15, -0.1) is 0 Å². The van der Waals surface area contributed by atoms with Crippen molar-refractivity contribution in [2.75, 3.05) is 14.2 Å². The Balaban J connectivity index is 1.63. The molecule has 8 heteroatoms. The van der Waals surface area contributed by atoms with E-state index in [1.54, 1.807) is 50.4 Å². The first-order chi connectivity index (χ1) is 15.4. The van der Waals surface area contributed by atoms with Gasteiger partial charge in [-0.3, -0.25) is 0 Å². The van der Waals surface area contributed by atoms with Gasteiger partial charge in [0, 0.05) is 0 Å². The highest BCUT2D eigenvalue weighted by Gasteiger charge is 2.14. The zero-order chi connectivity index (χ0) is 23.1. The van der Waals surface area contributed by atoms with Gasteiger partial charge in [0.25, 0.3) is 0 Å². The molecule has 0 saturated carbocycles. The lowest BCUT2D eigenvalue weighted by Crippen LogP contribution is -2.11. The summed E-state index contributed by atoms with van der Waals surface area (Å²) in [5, 5.41) is 0. The molecule has 3 aromatic rings. The second-order valence-corrected chi connectivity index (χ2v) is 6.52. The summed E-state index contributed by atoms with van der Waals surface area (Å²) in [7, 11) is 2.74. The minimum absolute atomic E-state index is 0.229. The lowest BCUT2D eigenvalue weighted by atomic mass is 10.2. The standard InChI is InChI=1S/C24H20O8/c1-15-14-20(30-22(25)16-6-10-19(11-7-16)31-24(27)29-3)12-13-21(15)32-23(26)17-4-8-18(28-2)9-5-17/h4-14H,1-3H3. The molecule has 0 aliphatic carbocycles. The molecular formula is C24H20O8. The van der Waals surface area contributed by atoms with E-state index in [9.17, 15) is 14.4 Å². The number of hydrogen-bond donors (Lipinski definition) is 0. The minimum atomic E-state index is -0.858. The van der Waals surface area contributed by atoms with Crippen molar-refractivity contribution in [1.29, 1.82) is 0 Å². The first kappa shape index (κ1) is 22.4. The van der Waals surface area contributed by atoms with Gasteiger partial charge in [0.15, 0.2) is 0 Å². The summed E-state index contributed by atoms with van der Waals surface area (Å²) >= 11 is 0. The second kappa shape index (κ2) is 10.1. The Hall–Kier alpha value is -4.33. The zero-order valence-corrected chi connectivity index (χ0v) is 17.6. The van der Waals surface area contributed by atoms with Crippen molar-refractivity contribution in [3.63, 3.8) is 0 Å². The third-order valence-electron chi connectivity index (χ3n) is 4.34. The monoisotopic (exact) mass is 436 g/mol. The summed E-state index contributed by atoms with van der Waals surface area (Å²) in [6.07, 6.45) is -0.858. The normalized spacial score (nSPS) is 10.1. The number of benzene rings is 3. The molecule has 3 aromatic carbocycles. The van der Waals surface area contributed by atoms with Crippen molar-refractivity contribution >= 4 is 18.1 Å². The van der Waals surface area contributed by atoms with E-state index in [1.807, 2.05) is 0 Å². The molecule has 0 heterocycles. The average Bonchev–Trinajstić information content (AvgIpc) is 2.81. The van der Waals surface area contributed by atoms with Gasteiger partial charge in [0.1, 0.15) is 23.0 Å². The molecule has 32 heavy (non-hydrogen) atoms. The lowest BCUT2D eigenvalue weighted by Gasteiger charge is -2.10. The van der Waals surface area contributed by atoms with Crippen LogP contribution in [0.15, 0.2) is 66.7 Å². The Kier molecular flexibility index (Phi) is 7.07. The summed E-state index contributed by atoms with van der Waals surface area (Å²) in [5.41, 5.74) is 1.24. The molecule has 3 rings (SSSR count). The molecule has 0 aliphatic heterocycles. The summed E-state index contributed by atoms with van der Waals surface area (Å²) in [5.74, 6) is 0.370. The van der Waals surface area contributed by atoms with Gasteiger partial charge in [-0.05, 0) is 79.2 Å². The van der Waals surface area contributed by atoms with Gasteiger partial charge in [-0.2, -0.15) is 0 Å². The van der Waals surface area contributed by atoms with Gasteiger partial charge >= 0.3 is 18.1 Å². The number of rotatable bonds is 6. The van der Waals surface area contributed by atoms with Crippen LogP contribution < -0.4 is 18.9 Å². The SMILES string of the molecule is COC(=O)Oc1ccc(C(=O)Oc2ccc(OC(=O)c3ccc(OC)cc3)c(C)c2)cc1. The van der Waals surface area contributed by atoms with Crippen LogP contribution in [0, 0.1) is 6.92 Å². The van der Waals surface area contributed by atoms with E-state index in [0.717, 1.165) is 0 Å².